The first-order valence-electron chi connectivity index (χ1n) is 8.55. The van der Waals surface area contributed by atoms with E-state index in [9.17, 15) is 14.7 Å². The van der Waals surface area contributed by atoms with Gasteiger partial charge in [0.1, 0.15) is 23.6 Å². The van der Waals surface area contributed by atoms with Crippen LogP contribution in [0.5, 0.6) is 5.75 Å². The van der Waals surface area contributed by atoms with Crippen molar-refractivity contribution in [2.75, 3.05) is 6.61 Å². The molecule has 148 valence electrons. The molecule has 3 rings (SSSR count). The van der Waals surface area contributed by atoms with Crippen molar-refractivity contribution >= 4 is 22.7 Å². The van der Waals surface area contributed by atoms with E-state index in [1.807, 2.05) is 13.1 Å². The van der Waals surface area contributed by atoms with E-state index in [1.165, 1.54) is 11.6 Å². The molecule has 2 heterocycles. The summed E-state index contributed by atoms with van der Waals surface area (Å²) in [5.74, 6) is -0.866. The van der Waals surface area contributed by atoms with E-state index in [2.05, 4.69) is 15.5 Å². The number of nitrogens with two attached hydrogens (primary N) is 1. The predicted molar refractivity (Wildman–Crippen MR) is 100 cm³/mol. The zero-order chi connectivity index (χ0) is 20.5. The van der Waals surface area contributed by atoms with Gasteiger partial charge in [-0.2, -0.15) is 10.2 Å². The van der Waals surface area contributed by atoms with E-state index in [0.29, 0.717) is 23.3 Å². The van der Waals surface area contributed by atoms with Crippen LogP contribution in [-0.2, 0) is 25.5 Å². The minimum absolute atomic E-state index is 0.224. The van der Waals surface area contributed by atoms with Gasteiger partial charge < -0.3 is 20.9 Å². The summed E-state index contributed by atoms with van der Waals surface area (Å²) < 4.78 is 8.92. The Kier molecular flexibility index (Phi) is 5.06. The minimum atomic E-state index is -1.58. The number of aryl methyl sites for hydroxylation is 2. The van der Waals surface area contributed by atoms with E-state index in [4.69, 9.17) is 10.5 Å². The van der Waals surface area contributed by atoms with Crippen molar-refractivity contribution in [3.63, 3.8) is 0 Å². The number of ether oxygens (including phenoxy) is 1. The lowest BCUT2D eigenvalue weighted by Crippen LogP contribution is -2.58. The number of benzene rings is 1. The third-order valence-electron chi connectivity index (χ3n) is 4.58. The Morgan fingerprint density at radius 1 is 1.29 bits per heavy atom. The molecule has 10 heteroatoms. The third kappa shape index (κ3) is 3.54. The number of hydrogen-bond donors (Lipinski definition) is 3. The number of nitrogens with zero attached hydrogens (tertiary/aromatic N) is 4. The lowest BCUT2D eigenvalue weighted by molar-refractivity contribution is -0.124. The molecule has 0 aliphatic rings. The highest BCUT2D eigenvalue weighted by Gasteiger charge is 2.33. The van der Waals surface area contributed by atoms with Gasteiger partial charge in [-0.25, -0.2) is 0 Å². The molecule has 0 bridgehead atoms. The summed E-state index contributed by atoms with van der Waals surface area (Å²) in [4.78, 5) is 24.4. The summed E-state index contributed by atoms with van der Waals surface area (Å²) in [6.45, 7) is 1.05. The van der Waals surface area contributed by atoms with Gasteiger partial charge in [0.25, 0.3) is 5.91 Å². The second-order valence-corrected chi connectivity index (χ2v) is 6.69. The molecule has 0 fully saturated rings. The van der Waals surface area contributed by atoms with Crippen LogP contribution >= 0.6 is 0 Å². The number of aromatic nitrogens is 4. The molecule has 0 spiro atoms. The number of primary amides is 1. The Morgan fingerprint density at radius 2 is 2.04 bits per heavy atom. The van der Waals surface area contributed by atoms with Crippen molar-refractivity contribution in [2.24, 2.45) is 19.8 Å². The van der Waals surface area contributed by atoms with Crippen molar-refractivity contribution in [1.82, 2.24) is 24.9 Å². The SMILES string of the molecule is Cn1nccc1COc1ccc2nn(C)c(C(=O)NC(C)(CO)C(N)=O)c2c1. The van der Waals surface area contributed by atoms with Crippen LogP contribution in [-0.4, -0.2) is 48.6 Å². The fraction of sp³-hybridized carbons (Fsp3) is 0.333. The molecule has 28 heavy (non-hydrogen) atoms. The first kappa shape index (κ1) is 19.4. The van der Waals surface area contributed by atoms with E-state index in [-0.39, 0.29) is 5.69 Å². The van der Waals surface area contributed by atoms with Crippen molar-refractivity contribution in [1.29, 1.82) is 0 Å². The second kappa shape index (κ2) is 7.31. The molecular weight excluding hydrogens is 364 g/mol. The molecule has 1 unspecified atom stereocenters. The predicted octanol–water partition coefficient (Wildman–Crippen LogP) is -0.148. The standard InChI is InChI=1S/C18H22N6O4/c1-18(10-25,17(19)27)21-16(26)15-13-8-12(4-5-14(13)22-24(15)3)28-9-11-6-7-20-23(11)2/h4-8,25H,9-10H2,1-3H3,(H2,19,27)(H,21,26). The Morgan fingerprint density at radius 3 is 2.64 bits per heavy atom. The second-order valence-electron chi connectivity index (χ2n) is 6.69. The molecule has 0 saturated heterocycles. The van der Waals surface area contributed by atoms with Crippen LogP contribution in [0.4, 0.5) is 0 Å². The number of amides is 2. The van der Waals surface area contributed by atoms with Gasteiger partial charge in [-0.3, -0.25) is 19.0 Å². The van der Waals surface area contributed by atoms with Gasteiger partial charge in [0.05, 0.1) is 17.8 Å². The Labute approximate surface area is 160 Å². The summed E-state index contributed by atoms with van der Waals surface area (Å²) in [6.07, 6.45) is 1.68. The van der Waals surface area contributed by atoms with Gasteiger partial charge in [0.15, 0.2) is 0 Å². The summed E-state index contributed by atoms with van der Waals surface area (Å²) >= 11 is 0. The fourth-order valence-corrected chi connectivity index (χ4v) is 2.73. The van der Waals surface area contributed by atoms with Crippen LogP contribution in [0.1, 0.15) is 23.1 Å². The number of aliphatic hydroxyl groups is 1. The number of carbonyl (C=O) groups excluding carboxylic acids is 2. The molecule has 0 saturated carbocycles. The highest BCUT2D eigenvalue weighted by Crippen LogP contribution is 2.24. The maximum Gasteiger partial charge on any atom is 0.271 e. The summed E-state index contributed by atoms with van der Waals surface area (Å²) in [7, 11) is 3.44. The molecular formula is C18H22N6O4. The number of carbonyl (C=O) groups is 2. The maximum atomic E-state index is 12.8. The summed E-state index contributed by atoms with van der Waals surface area (Å²) in [5, 5.41) is 20.9. The van der Waals surface area contributed by atoms with Gasteiger partial charge in [0, 0.05) is 25.7 Å². The Balaban J connectivity index is 1.90. The van der Waals surface area contributed by atoms with Gasteiger partial charge in [-0.05, 0) is 31.2 Å². The average molecular weight is 386 g/mol. The van der Waals surface area contributed by atoms with E-state index >= 15 is 0 Å². The number of aliphatic hydroxyl groups excluding tert-OH is 1. The lowest BCUT2D eigenvalue weighted by Gasteiger charge is -2.24. The average Bonchev–Trinajstić information content (AvgIpc) is 3.20. The first-order valence-corrected chi connectivity index (χ1v) is 8.55. The minimum Gasteiger partial charge on any atom is -0.487 e. The van der Waals surface area contributed by atoms with Crippen LogP contribution in [0.25, 0.3) is 10.9 Å². The van der Waals surface area contributed by atoms with Crippen LogP contribution in [0.2, 0.25) is 0 Å². The molecule has 4 N–H and O–H groups in total. The smallest absolute Gasteiger partial charge is 0.271 e. The topological polar surface area (TPSA) is 137 Å². The van der Waals surface area contributed by atoms with E-state index in [1.54, 1.807) is 36.1 Å². The van der Waals surface area contributed by atoms with Crippen LogP contribution in [0, 0.1) is 0 Å². The molecule has 0 radical (unpaired) electrons. The summed E-state index contributed by atoms with van der Waals surface area (Å²) in [6, 6.07) is 7.05. The molecule has 0 aliphatic heterocycles. The zero-order valence-corrected chi connectivity index (χ0v) is 15.8. The van der Waals surface area contributed by atoms with Crippen molar-refractivity contribution in [3.05, 3.63) is 41.9 Å². The molecule has 3 aromatic rings. The molecule has 2 aromatic heterocycles. The highest BCUT2D eigenvalue weighted by atomic mass is 16.5. The molecule has 2 amide bonds. The van der Waals surface area contributed by atoms with Gasteiger partial charge >= 0.3 is 0 Å². The Bertz CT molecular complexity index is 1040. The van der Waals surface area contributed by atoms with E-state index < -0.39 is 24.0 Å². The summed E-state index contributed by atoms with van der Waals surface area (Å²) in [5.41, 5.74) is 5.42. The molecule has 0 aliphatic carbocycles. The molecule has 1 aromatic carbocycles. The fourth-order valence-electron chi connectivity index (χ4n) is 2.73. The van der Waals surface area contributed by atoms with Crippen molar-refractivity contribution < 1.29 is 19.4 Å². The van der Waals surface area contributed by atoms with Crippen LogP contribution < -0.4 is 15.8 Å². The maximum absolute atomic E-state index is 12.8. The lowest BCUT2D eigenvalue weighted by atomic mass is 10.0. The molecule has 1 atom stereocenters. The Hall–Kier alpha value is -3.40. The van der Waals surface area contributed by atoms with Crippen LogP contribution in [0.15, 0.2) is 30.5 Å². The largest absolute Gasteiger partial charge is 0.487 e. The molecule has 10 nitrogen and oxygen atoms in total. The van der Waals surface area contributed by atoms with Gasteiger partial charge in [-0.1, -0.05) is 0 Å². The normalized spacial score (nSPS) is 13.3. The zero-order valence-electron chi connectivity index (χ0n) is 15.8. The number of fused-ring (bicyclic) bond motifs is 1. The van der Waals surface area contributed by atoms with Gasteiger partial charge in [0.2, 0.25) is 5.91 Å². The number of nitrogens with one attached hydrogen (secondary N) is 1. The highest BCUT2D eigenvalue weighted by molar-refractivity contribution is 6.07. The first-order chi connectivity index (χ1) is 13.2. The van der Waals surface area contributed by atoms with Crippen molar-refractivity contribution in [3.8, 4) is 5.75 Å². The van der Waals surface area contributed by atoms with Crippen LogP contribution in [0.3, 0.4) is 0 Å². The quantitative estimate of drug-likeness (QED) is 0.516. The number of rotatable bonds is 7. The monoisotopic (exact) mass is 386 g/mol. The van der Waals surface area contributed by atoms with Gasteiger partial charge in [-0.15, -0.1) is 0 Å². The van der Waals surface area contributed by atoms with Crippen molar-refractivity contribution in [2.45, 2.75) is 19.1 Å². The third-order valence-corrected chi connectivity index (χ3v) is 4.58. The van der Waals surface area contributed by atoms with E-state index in [0.717, 1.165) is 5.69 Å². The number of hydrogen-bond acceptors (Lipinski definition) is 6.